The monoisotopic (exact) mass is 340 g/mol. The molecule has 2 aromatic rings. The summed E-state index contributed by atoms with van der Waals surface area (Å²) in [5.41, 5.74) is 2.01. The molecule has 2 aromatic carbocycles. The van der Waals surface area contributed by atoms with Crippen LogP contribution in [0.15, 0.2) is 42.5 Å². The van der Waals surface area contributed by atoms with Crippen molar-refractivity contribution in [3.8, 4) is 11.5 Å². The van der Waals surface area contributed by atoms with E-state index >= 15 is 0 Å². The zero-order chi connectivity index (χ0) is 17.2. The minimum atomic E-state index is -0.421. The van der Waals surface area contributed by atoms with Gasteiger partial charge >= 0.3 is 12.0 Å². The van der Waals surface area contributed by atoms with E-state index in [2.05, 4.69) is 5.32 Å². The Morgan fingerprint density at radius 2 is 1.92 bits per heavy atom. The first kappa shape index (κ1) is 15.3. The Balaban J connectivity index is 1.38. The fraction of sp³-hybridized carbons (Fsp3) is 0.222. The van der Waals surface area contributed by atoms with Crippen molar-refractivity contribution in [2.24, 2.45) is 0 Å². The van der Waals surface area contributed by atoms with Crippen molar-refractivity contribution in [3.05, 3.63) is 53.6 Å². The second-order valence-electron chi connectivity index (χ2n) is 5.69. The number of ether oxygens (including phenoxy) is 3. The quantitative estimate of drug-likeness (QED) is 0.864. The van der Waals surface area contributed by atoms with Crippen molar-refractivity contribution in [1.29, 1.82) is 0 Å². The second kappa shape index (κ2) is 6.35. The summed E-state index contributed by atoms with van der Waals surface area (Å²) in [6, 6.07) is 12.1. The molecule has 0 atom stereocenters. The highest BCUT2D eigenvalue weighted by Gasteiger charge is 2.21. The number of hydrogen-bond donors (Lipinski definition) is 1. The lowest BCUT2D eigenvalue weighted by atomic mass is 10.2. The number of benzene rings is 2. The van der Waals surface area contributed by atoms with E-state index in [4.69, 9.17) is 14.2 Å². The molecule has 128 valence electrons. The van der Waals surface area contributed by atoms with Crippen LogP contribution in [0.1, 0.15) is 15.9 Å². The molecule has 2 aliphatic heterocycles. The van der Waals surface area contributed by atoms with Crippen LogP contribution in [-0.2, 0) is 11.3 Å². The van der Waals surface area contributed by atoms with E-state index in [0.717, 1.165) is 11.3 Å². The lowest BCUT2D eigenvalue weighted by Crippen LogP contribution is -2.27. The van der Waals surface area contributed by atoms with Crippen LogP contribution >= 0.6 is 0 Å². The van der Waals surface area contributed by atoms with Crippen LogP contribution < -0.4 is 19.7 Å². The number of esters is 1. The maximum atomic E-state index is 12.2. The van der Waals surface area contributed by atoms with Gasteiger partial charge in [0.1, 0.15) is 6.61 Å². The fourth-order valence-corrected chi connectivity index (χ4v) is 2.76. The minimum Gasteiger partial charge on any atom is -0.457 e. The third-order valence-electron chi connectivity index (χ3n) is 4.08. The highest BCUT2D eigenvalue weighted by Crippen LogP contribution is 2.32. The highest BCUT2D eigenvalue weighted by atomic mass is 16.7. The number of anilines is 1. The molecule has 7 heteroatoms. The molecule has 2 heterocycles. The van der Waals surface area contributed by atoms with E-state index in [0.29, 0.717) is 30.2 Å². The molecule has 0 aliphatic carbocycles. The zero-order valence-electron chi connectivity index (χ0n) is 13.4. The lowest BCUT2D eigenvalue weighted by Gasteiger charge is -2.14. The van der Waals surface area contributed by atoms with Gasteiger partial charge in [-0.05, 0) is 42.0 Å². The topological polar surface area (TPSA) is 77.1 Å². The number of hydrogen-bond acceptors (Lipinski definition) is 5. The molecule has 0 radical (unpaired) electrons. The number of fused-ring (bicyclic) bond motifs is 1. The van der Waals surface area contributed by atoms with Gasteiger partial charge in [0.2, 0.25) is 6.79 Å². The summed E-state index contributed by atoms with van der Waals surface area (Å²) in [5, 5.41) is 2.74. The minimum absolute atomic E-state index is 0.127. The first-order valence-electron chi connectivity index (χ1n) is 7.92. The summed E-state index contributed by atoms with van der Waals surface area (Å²) < 4.78 is 15.9. The molecule has 2 aliphatic rings. The molecule has 7 nitrogen and oxygen atoms in total. The number of carbonyl (C=O) groups is 2. The van der Waals surface area contributed by atoms with Crippen molar-refractivity contribution in [2.45, 2.75) is 6.61 Å². The largest absolute Gasteiger partial charge is 0.457 e. The van der Waals surface area contributed by atoms with Crippen molar-refractivity contribution in [1.82, 2.24) is 5.32 Å². The number of amides is 2. The van der Waals surface area contributed by atoms with Crippen molar-refractivity contribution < 1.29 is 23.8 Å². The molecule has 0 aromatic heterocycles. The molecule has 25 heavy (non-hydrogen) atoms. The van der Waals surface area contributed by atoms with E-state index in [-0.39, 0.29) is 19.4 Å². The molecule has 0 spiro atoms. The summed E-state index contributed by atoms with van der Waals surface area (Å²) in [5.74, 6) is 0.925. The third kappa shape index (κ3) is 3.08. The molecule has 1 saturated heterocycles. The van der Waals surface area contributed by atoms with Crippen LogP contribution in [-0.4, -0.2) is 31.9 Å². The zero-order valence-corrected chi connectivity index (χ0v) is 13.4. The van der Waals surface area contributed by atoms with Crippen molar-refractivity contribution in [2.75, 3.05) is 24.8 Å². The summed E-state index contributed by atoms with van der Waals surface area (Å²) in [6.07, 6.45) is 0. The van der Waals surface area contributed by atoms with E-state index in [1.807, 2.05) is 6.07 Å². The number of urea groups is 1. The fourth-order valence-electron chi connectivity index (χ4n) is 2.76. The maximum Gasteiger partial charge on any atom is 0.338 e. The van der Waals surface area contributed by atoms with Gasteiger partial charge in [0.25, 0.3) is 0 Å². The van der Waals surface area contributed by atoms with Gasteiger partial charge in [0.05, 0.1) is 5.56 Å². The van der Waals surface area contributed by atoms with E-state index in [1.165, 1.54) is 0 Å². The number of nitrogens with one attached hydrogen (secondary N) is 1. The van der Waals surface area contributed by atoms with Crippen LogP contribution in [0, 0.1) is 0 Å². The molecule has 0 saturated carbocycles. The van der Waals surface area contributed by atoms with Gasteiger partial charge in [-0.15, -0.1) is 0 Å². The number of carbonyl (C=O) groups excluding carboxylic acids is 2. The number of nitrogens with zero attached hydrogens (tertiary/aromatic N) is 1. The van der Waals surface area contributed by atoms with Crippen molar-refractivity contribution >= 4 is 17.7 Å². The molecule has 1 N–H and O–H groups in total. The van der Waals surface area contributed by atoms with Gasteiger partial charge in [-0.25, -0.2) is 9.59 Å². The Kier molecular flexibility index (Phi) is 3.89. The first-order chi connectivity index (χ1) is 12.2. The Morgan fingerprint density at radius 1 is 1.12 bits per heavy atom. The molecular formula is C18H16N2O5. The average Bonchev–Trinajstić information content (AvgIpc) is 3.28. The lowest BCUT2D eigenvalue weighted by molar-refractivity contribution is 0.0472. The Morgan fingerprint density at radius 3 is 2.68 bits per heavy atom. The summed E-state index contributed by atoms with van der Waals surface area (Å²) in [6.45, 7) is 1.59. The first-order valence-corrected chi connectivity index (χ1v) is 7.92. The van der Waals surface area contributed by atoms with Crippen LogP contribution in [0.4, 0.5) is 10.5 Å². The van der Waals surface area contributed by atoms with E-state index in [1.54, 1.807) is 41.3 Å². The molecular weight excluding hydrogens is 324 g/mol. The maximum absolute atomic E-state index is 12.2. The SMILES string of the molecule is O=C(OCc1ccc2c(c1)OCO2)c1ccc(N2CCNC2=O)cc1. The summed E-state index contributed by atoms with van der Waals surface area (Å²) in [7, 11) is 0. The van der Waals surface area contributed by atoms with Gasteiger partial charge in [-0.1, -0.05) is 6.07 Å². The predicted molar refractivity (Wildman–Crippen MR) is 88.9 cm³/mol. The normalized spacial score (nSPS) is 15.2. The van der Waals surface area contributed by atoms with Crippen molar-refractivity contribution in [3.63, 3.8) is 0 Å². The van der Waals surface area contributed by atoms with Crippen LogP contribution in [0.2, 0.25) is 0 Å². The van der Waals surface area contributed by atoms with Gasteiger partial charge in [0, 0.05) is 18.8 Å². The summed E-state index contributed by atoms with van der Waals surface area (Å²) >= 11 is 0. The standard InChI is InChI=1S/C18H16N2O5/c21-17(23-10-12-1-6-15-16(9-12)25-11-24-15)13-2-4-14(5-3-13)20-8-7-19-18(20)22/h1-6,9H,7-8,10-11H2,(H,19,22). The van der Waals surface area contributed by atoms with Crippen LogP contribution in [0.3, 0.4) is 0 Å². The number of rotatable bonds is 4. The summed E-state index contributed by atoms with van der Waals surface area (Å²) in [4.78, 5) is 25.4. The molecule has 2 amide bonds. The molecule has 1 fully saturated rings. The molecule has 4 rings (SSSR count). The molecule has 0 bridgehead atoms. The third-order valence-corrected chi connectivity index (χ3v) is 4.08. The van der Waals surface area contributed by atoms with Gasteiger partial charge in [-0.3, -0.25) is 4.90 Å². The van der Waals surface area contributed by atoms with Gasteiger partial charge in [-0.2, -0.15) is 0 Å². The second-order valence-corrected chi connectivity index (χ2v) is 5.69. The van der Waals surface area contributed by atoms with Gasteiger partial charge < -0.3 is 19.5 Å². The average molecular weight is 340 g/mol. The molecule has 0 unspecified atom stereocenters. The Labute approximate surface area is 144 Å². The Hall–Kier alpha value is -3.22. The smallest absolute Gasteiger partial charge is 0.338 e. The van der Waals surface area contributed by atoms with Crippen LogP contribution in [0.5, 0.6) is 11.5 Å². The predicted octanol–water partition coefficient (Wildman–Crippen LogP) is 2.30. The van der Waals surface area contributed by atoms with Crippen LogP contribution in [0.25, 0.3) is 0 Å². The van der Waals surface area contributed by atoms with E-state index < -0.39 is 5.97 Å². The Bertz CT molecular complexity index is 819. The highest BCUT2D eigenvalue weighted by molar-refractivity contribution is 5.95. The van der Waals surface area contributed by atoms with E-state index in [9.17, 15) is 9.59 Å². The van der Waals surface area contributed by atoms with Gasteiger partial charge in [0.15, 0.2) is 11.5 Å².